The van der Waals surface area contributed by atoms with Gasteiger partial charge in [0, 0.05) is 13.2 Å². The van der Waals surface area contributed by atoms with Crippen molar-refractivity contribution in [1.82, 2.24) is 10.2 Å². The number of nitro groups is 1. The van der Waals surface area contributed by atoms with E-state index in [0.29, 0.717) is 12.3 Å². The van der Waals surface area contributed by atoms with Crippen molar-refractivity contribution in [2.24, 2.45) is 0 Å². The molecule has 0 spiro atoms. The van der Waals surface area contributed by atoms with E-state index in [0.717, 1.165) is 0 Å². The van der Waals surface area contributed by atoms with Gasteiger partial charge in [0.25, 0.3) is 0 Å². The van der Waals surface area contributed by atoms with E-state index in [9.17, 15) is 10.1 Å². The van der Waals surface area contributed by atoms with Gasteiger partial charge in [-0.3, -0.25) is 0 Å². The fourth-order valence-electron chi connectivity index (χ4n) is 1.08. The lowest BCUT2D eigenvalue weighted by molar-refractivity contribution is -0.388. The van der Waals surface area contributed by atoms with E-state index in [1.807, 2.05) is 6.92 Å². The summed E-state index contributed by atoms with van der Waals surface area (Å²) < 4.78 is 4.89. The van der Waals surface area contributed by atoms with E-state index in [2.05, 4.69) is 15.5 Å². The number of nitrogens with zero attached hydrogens (tertiary/aromatic N) is 2. The minimum Gasteiger partial charge on any atom is -0.383 e. The van der Waals surface area contributed by atoms with Gasteiger partial charge in [0.05, 0.1) is 6.61 Å². The molecule has 1 unspecified atom stereocenters. The van der Waals surface area contributed by atoms with Crippen molar-refractivity contribution in [2.75, 3.05) is 19.0 Å². The maximum atomic E-state index is 10.5. The van der Waals surface area contributed by atoms with Crippen LogP contribution < -0.4 is 5.32 Å². The summed E-state index contributed by atoms with van der Waals surface area (Å²) in [4.78, 5) is 9.97. The topological polar surface area (TPSA) is 93.1 Å². The second-order valence-corrected chi connectivity index (χ2v) is 2.89. The third-order valence-electron chi connectivity index (χ3n) is 1.62. The summed E-state index contributed by atoms with van der Waals surface area (Å²) in [5.74, 6) is -0.132. The van der Waals surface area contributed by atoms with Crippen LogP contribution in [0.25, 0.3) is 0 Å². The molecule has 7 heteroatoms. The Balaban J connectivity index is 2.66. The van der Waals surface area contributed by atoms with E-state index in [1.54, 1.807) is 7.11 Å². The first-order valence-electron chi connectivity index (χ1n) is 4.08. The molecule has 1 atom stereocenters. The number of H-pyrrole nitrogens is 1. The van der Waals surface area contributed by atoms with Gasteiger partial charge in [-0.15, -0.1) is 5.10 Å². The lowest BCUT2D eigenvalue weighted by Gasteiger charge is -2.11. The Kier molecular flexibility index (Phi) is 3.41. The average molecular weight is 200 g/mol. The van der Waals surface area contributed by atoms with Gasteiger partial charge >= 0.3 is 5.82 Å². The van der Waals surface area contributed by atoms with Crippen molar-refractivity contribution in [3.8, 4) is 0 Å². The third kappa shape index (κ3) is 2.43. The zero-order valence-corrected chi connectivity index (χ0v) is 7.98. The largest absolute Gasteiger partial charge is 0.383 e. The van der Waals surface area contributed by atoms with Gasteiger partial charge < -0.3 is 20.2 Å². The molecule has 1 aromatic rings. The van der Waals surface area contributed by atoms with E-state index in [1.165, 1.54) is 6.20 Å². The maximum absolute atomic E-state index is 10.5. The molecule has 0 radical (unpaired) electrons. The molecule has 0 aliphatic carbocycles. The fraction of sp³-hybridized carbons (Fsp3) is 0.571. The molecular weight excluding hydrogens is 188 g/mol. The summed E-state index contributed by atoms with van der Waals surface area (Å²) in [5.41, 5.74) is 0.375. The predicted molar refractivity (Wildman–Crippen MR) is 50.2 cm³/mol. The summed E-state index contributed by atoms with van der Waals surface area (Å²) in [5, 5.41) is 19.3. The van der Waals surface area contributed by atoms with Crippen molar-refractivity contribution in [3.63, 3.8) is 0 Å². The van der Waals surface area contributed by atoms with Crippen LogP contribution in [0.1, 0.15) is 6.92 Å². The zero-order chi connectivity index (χ0) is 10.6. The predicted octanol–water partition coefficient (Wildman–Crippen LogP) is 0.765. The molecule has 14 heavy (non-hydrogen) atoms. The lowest BCUT2D eigenvalue weighted by atomic mass is 10.3. The molecule has 0 fully saturated rings. The van der Waals surface area contributed by atoms with E-state index >= 15 is 0 Å². The molecule has 0 aliphatic heterocycles. The summed E-state index contributed by atoms with van der Waals surface area (Å²) in [6, 6.07) is -0.00343. The third-order valence-corrected chi connectivity index (χ3v) is 1.62. The number of hydrogen-bond acceptors (Lipinski definition) is 5. The average Bonchev–Trinajstić information content (AvgIpc) is 2.52. The number of rotatable bonds is 5. The number of anilines is 1. The molecule has 7 nitrogen and oxygen atoms in total. The van der Waals surface area contributed by atoms with Crippen LogP contribution in [0.15, 0.2) is 6.20 Å². The van der Waals surface area contributed by atoms with Crippen molar-refractivity contribution in [3.05, 3.63) is 16.3 Å². The summed E-state index contributed by atoms with van der Waals surface area (Å²) >= 11 is 0. The molecular formula is C7H12N4O3. The van der Waals surface area contributed by atoms with E-state index < -0.39 is 4.92 Å². The molecule has 0 aliphatic rings. The van der Waals surface area contributed by atoms with Crippen LogP contribution in [0.5, 0.6) is 0 Å². The number of nitrogens with one attached hydrogen (secondary N) is 2. The van der Waals surface area contributed by atoms with Gasteiger partial charge in [0.1, 0.15) is 6.20 Å². The molecule has 0 bridgehead atoms. The van der Waals surface area contributed by atoms with Crippen LogP contribution in [-0.2, 0) is 4.74 Å². The highest BCUT2D eigenvalue weighted by atomic mass is 16.6. The SMILES string of the molecule is COCC(C)Nc1cn[nH]c1[N+](=O)[O-]. The van der Waals surface area contributed by atoms with Crippen LogP contribution in [0, 0.1) is 10.1 Å². The first-order valence-corrected chi connectivity index (χ1v) is 4.08. The van der Waals surface area contributed by atoms with Gasteiger partial charge in [-0.25, -0.2) is 0 Å². The molecule has 0 aromatic carbocycles. The highest BCUT2D eigenvalue weighted by molar-refractivity contribution is 5.55. The molecule has 1 rings (SSSR count). The number of aromatic nitrogens is 2. The Bertz CT molecular complexity index is 312. The molecule has 78 valence electrons. The molecule has 0 amide bonds. The molecule has 0 saturated carbocycles. The van der Waals surface area contributed by atoms with Gasteiger partial charge in [-0.2, -0.15) is 0 Å². The Morgan fingerprint density at radius 3 is 3.14 bits per heavy atom. The Morgan fingerprint density at radius 1 is 1.86 bits per heavy atom. The Labute approximate surface area is 80.6 Å². The van der Waals surface area contributed by atoms with Crippen molar-refractivity contribution < 1.29 is 9.66 Å². The summed E-state index contributed by atoms with van der Waals surface area (Å²) in [7, 11) is 1.57. The number of aromatic amines is 1. The highest BCUT2D eigenvalue weighted by Crippen LogP contribution is 2.20. The van der Waals surface area contributed by atoms with Crippen molar-refractivity contribution >= 4 is 11.5 Å². The van der Waals surface area contributed by atoms with Crippen LogP contribution in [0.3, 0.4) is 0 Å². The summed E-state index contributed by atoms with van der Waals surface area (Å²) in [6.07, 6.45) is 1.38. The second-order valence-electron chi connectivity index (χ2n) is 2.89. The first-order chi connectivity index (χ1) is 6.65. The minimum atomic E-state index is -0.519. The normalized spacial score (nSPS) is 12.4. The standard InChI is InChI=1S/C7H12N4O3/c1-5(4-14-2)9-6-3-8-10-7(6)11(12)13/h3,5,9H,4H2,1-2H3,(H,8,10). The van der Waals surface area contributed by atoms with Crippen molar-refractivity contribution in [2.45, 2.75) is 13.0 Å². The monoisotopic (exact) mass is 200 g/mol. The fourth-order valence-corrected chi connectivity index (χ4v) is 1.08. The molecule has 1 heterocycles. The number of hydrogen-bond donors (Lipinski definition) is 2. The van der Waals surface area contributed by atoms with Gasteiger partial charge in [-0.05, 0) is 11.8 Å². The summed E-state index contributed by atoms with van der Waals surface area (Å²) in [6.45, 7) is 2.34. The molecule has 0 saturated heterocycles. The minimum absolute atomic E-state index is 0.00343. The lowest BCUT2D eigenvalue weighted by Crippen LogP contribution is -2.20. The van der Waals surface area contributed by atoms with Crippen LogP contribution in [0.2, 0.25) is 0 Å². The Hall–Kier alpha value is -1.63. The van der Waals surface area contributed by atoms with Crippen LogP contribution in [-0.4, -0.2) is 34.9 Å². The zero-order valence-electron chi connectivity index (χ0n) is 7.98. The molecule has 1 aromatic heterocycles. The number of methoxy groups -OCH3 is 1. The van der Waals surface area contributed by atoms with E-state index in [-0.39, 0.29) is 11.9 Å². The van der Waals surface area contributed by atoms with Crippen LogP contribution in [0.4, 0.5) is 11.5 Å². The van der Waals surface area contributed by atoms with Gasteiger partial charge in [0.15, 0.2) is 5.69 Å². The first kappa shape index (κ1) is 10.5. The van der Waals surface area contributed by atoms with Gasteiger partial charge in [0.2, 0.25) is 0 Å². The highest BCUT2D eigenvalue weighted by Gasteiger charge is 2.16. The quantitative estimate of drug-likeness (QED) is 0.540. The molecule has 2 N–H and O–H groups in total. The van der Waals surface area contributed by atoms with E-state index in [4.69, 9.17) is 4.74 Å². The van der Waals surface area contributed by atoms with Gasteiger partial charge in [-0.1, -0.05) is 5.10 Å². The van der Waals surface area contributed by atoms with Crippen molar-refractivity contribution in [1.29, 1.82) is 0 Å². The number of ether oxygens (including phenoxy) is 1. The van der Waals surface area contributed by atoms with Crippen LogP contribution >= 0.6 is 0 Å². The smallest absolute Gasteiger partial charge is 0.366 e. The second kappa shape index (κ2) is 4.56. The maximum Gasteiger partial charge on any atom is 0.366 e. The Morgan fingerprint density at radius 2 is 2.57 bits per heavy atom.